The van der Waals surface area contributed by atoms with E-state index in [0.717, 1.165) is 50.1 Å². The highest BCUT2D eigenvalue weighted by Crippen LogP contribution is 2.23. The summed E-state index contributed by atoms with van der Waals surface area (Å²) in [5, 5.41) is 4.50. The van der Waals surface area contributed by atoms with Gasteiger partial charge in [-0.15, -0.1) is 11.3 Å². The largest absolute Gasteiger partial charge is 0.456 e. The minimum absolute atomic E-state index is 0.290. The van der Waals surface area contributed by atoms with Crippen LogP contribution < -0.4 is 10.2 Å². The van der Waals surface area contributed by atoms with Crippen LogP contribution in [0.4, 0.5) is 5.13 Å². The molecule has 146 valence electrons. The molecule has 1 aliphatic heterocycles. The molecule has 7 heteroatoms. The van der Waals surface area contributed by atoms with E-state index >= 15 is 0 Å². The zero-order valence-electron chi connectivity index (χ0n) is 16.2. The molecule has 1 saturated heterocycles. The number of thiazole rings is 1. The quantitative estimate of drug-likeness (QED) is 0.766. The van der Waals surface area contributed by atoms with E-state index in [4.69, 9.17) is 9.47 Å². The first kappa shape index (κ1) is 19.8. The van der Waals surface area contributed by atoms with Gasteiger partial charge in [0.25, 0.3) is 0 Å². The molecule has 1 aromatic heterocycles. The van der Waals surface area contributed by atoms with Crippen molar-refractivity contribution in [1.29, 1.82) is 0 Å². The van der Waals surface area contributed by atoms with Gasteiger partial charge < -0.3 is 19.7 Å². The molecule has 0 radical (unpaired) electrons. The number of esters is 1. The molecular weight excluding hydrogens is 362 g/mol. The van der Waals surface area contributed by atoms with Crippen molar-refractivity contribution in [2.45, 2.75) is 39.5 Å². The number of aromatic nitrogens is 1. The highest BCUT2D eigenvalue weighted by atomic mass is 32.1. The molecule has 0 amide bonds. The molecule has 0 saturated carbocycles. The third-order valence-corrected chi connectivity index (χ3v) is 5.10. The summed E-state index contributed by atoms with van der Waals surface area (Å²) < 4.78 is 10.8. The van der Waals surface area contributed by atoms with Crippen LogP contribution in [-0.2, 0) is 22.6 Å². The lowest BCUT2D eigenvalue weighted by atomic mass is 10.1. The second-order valence-corrected chi connectivity index (χ2v) is 8.60. The zero-order chi connectivity index (χ0) is 19.3. The number of ether oxygens (including phenoxy) is 2. The van der Waals surface area contributed by atoms with E-state index in [1.807, 2.05) is 51.2 Å². The number of morpholine rings is 1. The number of nitrogens with zero attached hydrogens (tertiary/aromatic N) is 2. The lowest BCUT2D eigenvalue weighted by molar-refractivity contribution is 0.00695. The number of hydrogen-bond acceptors (Lipinski definition) is 7. The van der Waals surface area contributed by atoms with E-state index in [-0.39, 0.29) is 5.97 Å². The summed E-state index contributed by atoms with van der Waals surface area (Å²) in [6.45, 7) is 10.5. The minimum atomic E-state index is -0.480. The maximum absolute atomic E-state index is 12.0. The fourth-order valence-corrected chi connectivity index (χ4v) is 3.64. The van der Waals surface area contributed by atoms with Crippen LogP contribution in [0.2, 0.25) is 0 Å². The van der Waals surface area contributed by atoms with Crippen LogP contribution in [0.15, 0.2) is 30.5 Å². The summed E-state index contributed by atoms with van der Waals surface area (Å²) in [5.41, 5.74) is 1.22. The molecule has 1 aromatic carbocycles. The minimum Gasteiger partial charge on any atom is -0.456 e. The molecule has 1 aliphatic rings. The normalized spacial score (nSPS) is 15.0. The van der Waals surface area contributed by atoms with Crippen molar-refractivity contribution >= 4 is 22.4 Å². The van der Waals surface area contributed by atoms with E-state index < -0.39 is 5.60 Å². The summed E-state index contributed by atoms with van der Waals surface area (Å²) in [7, 11) is 0. The van der Waals surface area contributed by atoms with Gasteiger partial charge in [0, 0.05) is 37.3 Å². The molecule has 0 spiro atoms. The van der Waals surface area contributed by atoms with Crippen molar-refractivity contribution in [1.82, 2.24) is 10.3 Å². The lowest BCUT2D eigenvalue weighted by Crippen LogP contribution is -2.36. The number of rotatable bonds is 6. The molecular formula is C20H27N3O3S. The van der Waals surface area contributed by atoms with Gasteiger partial charge in [-0.1, -0.05) is 12.1 Å². The van der Waals surface area contributed by atoms with Gasteiger partial charge in [-0.05, 0) is 38.5 Å². The van der Waals surface area contributed by atoms with Crippen molar-refractivity contribution in [2.24, 2.45) is 0 Å². The molecule has 2 heterocycles. The molecule has 3 rings (SSSR count). The Kier molecular flexibility index (Phi) is 6.46. The van der Waals surface area contributed by atoms with Crippen molar-refractivity contribution in [3.8, 4) is 0 Å². The van der Waals surface area contributed by atoms with Crippen molar-refractivity contribution in [3.05, 3.63) is 46.5 Å². The second-order valence-electron chi connectivity index (χ2n) is 7.51. The van der Waals surface area contributed by atoms with Crippen LogP contribution >= 0.6 is 11.3 Å². The van der Waals surface area contributed by atoms with E-state index in [0.29, 0.717) is 5.56 Å². The Balaban J connectivity index is 1.46. The first-order chi connectivity index (χ1) is 12.9. The zero-order valence-corrected chi connectivity index (χ0v) is 17.0. The first-order valence-electron chi connectivity index (χ1n) is 9.21. The van der Waals surface area contributed by atoms with Crippen LogP contribution in [0.1, 0.15) is 41.6 Å². The average molecular weight is 390 g/mol. The Morgan fingerprint density at radius 1 is 1.22 bits per heavy atom. The number of benzene rings is 1. The predicted octanol–water partition coefficient (Wildman–Crippen LogP) is 3.22. The molecule has 0 unspecified atom stereocenters. The van der Waals surface area contributed by atoms with Gasteiger partial charge >= 0.3 is 5.97 Å². The van der Waals surface area contributed by atoms with Crippen LogP contribution in [0.3, 0.4) is 0 Å². The summed E-state index contributed by atoms with van der Waals surface area (Å²) >= 11 is 1.72. The van der Waals surface area contributed by atoms with Gasteiger partial charge in [-0.25, -0.2) is 9.78 Å². The molecule has 1 N–H and O–H groups in total. The Hall–Kier alpha value is -1.96. The van der Waals surface area contributed by atoms with E-state index in [1.165, 1.54) is 4.88 Å². The summed E-state index contributed by atoms with van der Waals surface area (Å²) in [5.74, 6) is -0.290. The standard InChI is InChI=1S/C20H27N3O3S/c1-20(2,3)26-18(24)16-6-4-15(5-7-16)12-21-13-17-14-22-19(27-17)23-8-10-25-11-9-23/h4-7,14,21H,8-13H2,1-3H3. The van der Waals surface area contributed by atoms with Crippen LogP contribution in [0.5, 0.6) is 0 Å². The van der Waals surface area contributed by atoms with Crippen molar-refractivity contribution in [3.63, 3.8) is 0 Å². The highest BCUT2D eigenvalue weighted by Gasteiger charge is 2.17. The van der Waals surface area contributed by atoms with Gasteiger partial charge in [-0.2, -0.15) is 0 Å². The Bertz CT molecular complexity index is 747. The first-order valence-corrected chi connectivity index (χ1v) is 10.0. The van der Waals surface area contributed by atoms with E-state index in [1.54, 1.807) is 11.3 Å². The van der Waals surface area contributed by atoms with Crippen LogP contribution in [-0.4, -0.2) is 42.9 Å². The van der Waals surface area contributed by atoms with E-state index in [2.05, 4.69) is 15.2 Å². The number of anilines is 1. The third kappa shape index (κ3) is 6.02. The Morgan fingerprint density at radius 2 is 1.93 bits per heavy atom. The number of hydrogen-bond donors (Lipinski definition) is 1. The van der Waals surface area contributed by atoms with E-state index in [9.17, 15) is 4.79 Å². The number of carbonyl (C=O) groups excluding carboxylic acids is 1. The van der Waals surface area contributed by atoms with Crippen molar-refractivity contribution in [2.75, 3.05) is 31.2 Å². The fourth-order valence-electron chi connectivity index (χ4n) is 2.71. The Labute approximate surface area is 164 Å². The maximum Gasteiger partial charge on any atom is 0.338 e. The molecule has 6 nitrogen and oxygen atoms in total. The fraction of sp³-hybridized carbons (Fsp3) is 0.500. The Morgan fingerprint density at radius 3 is 2.59 bits per heavy atom. The maximum atomic E-state index is 12.0. The molecule has 27 heavy (non-hydrogen) atoms. The van der Waals surface area contributed by atoms with Gasteiger partial charge in [0.2, 0.25) is 0 Å². The van der Waals surface area contributed by atoms with Crippen LogP contribution in [0.25, 0.3) is 0 Å². The SMILES string of the molecule is CC(C)(C)OC(=O)c1ccc(CNCc2cnc(N3CCOCC3)s2)cc1. The molecule has 2 aromatic rings. The van der Waals surface area contributed by atoms with Gasteiger partial charge in [0.15, 0.2) is 5.13 Å². The summed E-state index contributed by atoms with van der Waals surface area (Å²) in [6.07, 6.45) is 1.94. The average Bonchev–Trinajstić information content (AvgIpc) is 3.10. The van der Waals surface area contributed by atoms with Gasteiger partial charge in [-0.3, -0.25) is 0 Å². The van der Waals surface area contributed by atoms with Gasteiger partial charge in [0.1, 0.15) is 5.60 Å². The summed E-state index contributed by atoms with van der Waals surface area (Å²) in [4.78, 5) is 20.1. The van der Waals surface area contributed by atoms with Crippen molar-refractivity contribution < 1.29 is 14.3 Å². The molecule has 0 atom stereocenters. The third-order valence-electron chi connectivity index (χ3n) is 4.04. The van der Waals surface area contributed by atoms with Crippen LogP contribution in [0, 0.1) is 0 Å². The summed E-state index contributed by atoms with van der Waals surface area (Å²) in [6, 6.07) is 7.54. The number of carbonyl (C=O) groups is 1. The molecule has 1 fully saturated rings. The molecule has 0 bridgehead atoms. The second kappa shape index (κ2) is 8.82. The predicted molar refractivity (Wildman–Crippen MR) is 107 cm³/mol. The lowest BCUT2D eigenvalue weighted by Gasteiger charge is -2.25. The highest BCUT2D eigenvalue weighted by molar-refractivity contribution is 7.15. The monoisotopic (exact) mass is 389 g/mol. The topological polar surface area (TPSA) is 63.7 Å². The smallest absolute Gasteiger partial charge is 0.338 e. The number of nitrogens with one attached hydrogen (secondary N) is 1. The van der Waals surface area contributed by atoms with Gasteiger partial charge in [0.05, 0.1) is 18.8 Å². The molecule has 0 aliphatic carbocycles.